The molecule has 0 bridgehead atoms. The van der Waals surface area contributed by atoms with Crippen molar-refractivity contribution in [3.8, 4) is 0 Å². The van der Waals surface area contributed by atoms with E-state index in [0.717, 1.165) is 12.0 Å². The molecule has 1 aromatic heterocycles. The molecule has 1 rings (SSSR count). The fraction of sp³-hybridized carbons (Fsp3) is 0.500. The predicted octanol–water partition coefficient (Wildman–Crippen LogP) is 2.82. The van der Waals surface area contributed by atoms with Crippen LogP contribution < -0.4 is 5.32 Å². The third-order valence-corrected chi connectivity index (χ3v) is 3.79. The SMILES string of the molecule is CC/C=C(\C)C(=O)NCC(c1cccs1)N(C)C. The van der Waals surface area contributed by atoms with Crippen LogP contribution in [0.1, 0.15) is 31.2 Å². The van der Waals surface area contributed by atoms with Gasteiger partial charge in [-0.05, 0) is 38.9 Å². The Labute approximate surface area is 114 Å². The first-order valence-electron chi connectivity index (χ1n) is 6.21. The number of likely N-dealkylation sites (N-methyl/N-ethyl adjacent to an activating group) is 1. The summed E-state index contributed by atoms with van der Waals surface area (Å²) in [5.41, 5.74) is 0.793. The fourth-order valence-electron chi connectivity index (χ4n) is 1.75. The summed E-state index contributed by atoms with van der Waals surface area (Å²) in [6, 6.07) is 4.39. The molecule has 0 aromatic carbocycles. The van der Waals surface area contributed by atoms with E-state index >= 15 is 0 Å². The zero-order valence-electron chi connectivity index (χ0n) is 11.6. The van der Waals surface area contributed by atoms with Crippen molar-refractivity contribution in [1.82, 2.24) is 10.2 Å². The molecular weight excluding hydrogens is 244 g/mol. The van der Waals surface area contributed by atoms with E-state index in [0.29, 0.717) is 6.54 Å². The van der Waals surface area contributed by atoms with Crippen molar-refractivity contribution in [3.63, 3.8) is 0 Å². The molecule has 3 nitrogen and oxygen atoms in total. The number of rotatable bonds is 6. The Kier molecular flexibility index (Phi) is 6.09. The van der Waals surface area contributed by atoms with Gasteiger partial charge in [-0.2, -0.15) is 0 Å². The molecule has 100 valence electrons. The Hall–Kier alpha value is -1.13. The zero-order valence-corrected chi connectivity index (χ0v) is 12.4. The highest BCUT2D eigenvalue weighted by atomic mass is 32.1. The maximum Gasteiger partial charge on any atom is 0.246 e. The molecule has 1 N–H and O–H groups in total. The number of carbonyl (C=O) groups is 1. The standard InChI is InChI=1S/C14H22N2OS/c1-5-7-11(2)14(17)15-10-12(16(3)4)13-8-6-9-18-13/h6-9,12H,5,10H2,1-4H3,(H,15,17)/b11-7+. The average Bonchev–Trinajstić information content (AvgIpc) is 2.82. The number of amides is 1. The first kappa shape index (κ1) is 14.9. The summed E-state index contributed by atoms with van der Waals surface area (Å²) < 4.78 is 0. The van der Waals surface area contributed by atoms with Gasteiger partial charge >= 0.3 is 0 Å². The smallest absolute Gasteiger partial charge is 0.246 e. The lowest BCUT2D eigenvalue weighted by Gasteiger charge is -2.23. The Morgan fingerprint density at radius 1 is 1.56 bits per heavy atom. The van der Waals surface area contributed by atoms with Crippen LogP contribution in [0.4, 0.5) is 0 Å². The second-order valence-corrected chi connectivity index (χ2v) is 5.48. The number of carbonyl (C=O) groups excluding carboxylic acids is 1. The number of thiophene rings is 1. The van der Waals surface area contributed by atoms with E-state index in [-0.39, 0.29) is 11.9 Å². The molecule has 0 radical (unpaired) electrons. The Morgan fingerprint density at radius 3 is 2.78 bits per heavy atom. The van der Waals surface area contributed by atoms with Gasteiger partial charge in [0.05, 0.1) is 6.04 Å². The summed E-state index contributed by atoms with van der Waals surface area (Å²) in [4.78, 5) is 15.2. The average molecular weight is 266 g/mol. The normalized spacial score (nSPS) is 13.7. The van der Waals surface area contributed by atoms with E-state index in [1.165, 1.54) is 4.88 Å². The number of nitrogens with one attached hydrogen (secondary N) is 1. The lowest BCUT2D eigenvalue weighted by Crippen LogP contribution is -2.34. The molecule has 0 spiro atoms. The third-order valence-electron chi connectivity index (χ3n) is 2.82. The van der Waals surface area contributed by atoms with Crippen LogP contribution in [0.2, 0.25) is 0 Å². The minimum atomic E-state index is 0.0280. The van der Waals surface area contributed by atoms with Crippen molar-refractivity contribution < 1.29 is 4.79 Å². The van der Waals surface area contributed by atoms with E-state index < -0.39 is 0 Å². The van der Waals surface area contributed by atoms with Crippen LogP contribution in [0.5, 0.6) is 0 Å². The molecule has 0 fully saturated rings. The highest BCUT2D eigenvalue weighted by Gasteiger charge is 2.16. The first-order valence-corrected chi connectivity index (χ1v) is 7.09. The van der Waals surface area contributed by atoms with Gasteiger partial charge in [0.2, 0.25) is 5.91 Å². The van der Waals surface area contributed by atoms with Crippen molar-refractivity contribution in [2.75, 3.05) is 20.6 Å². The van der Waals surface area contributed by atoms with Gasteiger partial charge in [0, 0.05) is 17.0 Å². The molecular formula is C14H22N2OS. The minimum absolute atomic E-state index is 0.0280. The quantitative estimate of drug-likeness (QED) is 0.803. The van der Waals surface area contributed by atoms with Crippen molar-refractivity contribution in [2.24, 2.45) is 0 Å². The topological polar surface area (TPSA) is 32.3 Å². The van der Waals surface area contributed by atoms with Crippen LogP contribution in [0.3, 0.4) is 0 Å². The van der Waals surface area contributed by atoms with Gasteiger partial charge in [-0.15, -0.1) is 11.3 Å². The van der Waals surface area contributed by atoms with Crippen LogP contribution in [-0.2, 0) is 4.79 Å². The number of hydrogen-bond acceptors (Lipinski definition) is 3. The first-order chi connectivity index (χ1) is 8.56. The molecule has 0 saturated carbocycles. The molecule has 0 saturated heterocycles. The fourth-order valence-corrected chi connectivity index (χ4v) is 2.67. The van der Waals surface area contributed by atoms with E-state index in [2.05, 4.69) is 21.7 Å². The van der Waals surface area contributed by atoms with E-state index in [1.807, 2.05) is 40.1 Å². The summed E-state index contributed by atoms with van der Waals surface area (Å²) in [6.45, 7) is 4.53. The van der Waals surface area contributed by atoms with Crippen LogP contribution in [-0.4, -0.2) is 31.4 Å². The molecule has 1 aromatic rings. The Bertz CT molecular complexity index is 396. The number of nitrogens with zero attached hydrogens (tertiary/aromatic N) is 1. The summed E-state index contributed by atoms with van der Waals surface area (Å²) in [7, 11) is 4.07. The van der Waals surface area contributed by atoms with Crippen LogP contribution >= 0.6 is 11.3 Å². The second kappa shape index (κ2) is 7.34. The molecule has 4 heteroatoms. The second-order valence-electron chi connectivity index (χ2n) is 4.50. The lowest BCUT2D eigenvalue weighted by atomic mass is 10.2. The summed E-state index contributed by atoms with van der Waals surface area (Å²) in [5.74, 6) is 0.0280. The van der Waals surface area contributed by atoms with Gasteiger partial charge in [-0.3, -0.25) is 4.79 Å². The monoisotopic (exact) mass is 266 g/mol. The Morgan fingerprint density at radius 2 is 2.28 bits per heavy atom. The summed E-state index contributed by atoms with van der Waals surface area (Å²) in [6.07, 6.45) is 2.84. The van der Waals surface area contributed by atoms with Gasteiger partial charge in [0.1, 0.15) is 0 Å². The minimum Gasteiger partial charge on any atom is -0.350 e. The molecule has 0 aliphatic heterocycles. The van der Waals surface area contributed by atoms with Crippen molar-refractivity contribution in [3.05, 3.63) is 34.0 Å². The van der Waals surface area contributed by atoms with Crippen molar-refractivity contribution in [1.29, 1.82) is 0 Å². The van der Waals surface area contributed by atoms with Crippen molar-refractivity contribution in [2.45, 2.75) is 26.3 Å². The van der Waals surface area contributed by atoms with Gasteiger partial charge in [0.25, 0.3) is 0 Å². The maximum absolute atomic E-state index is 11.8. The highest BCUT2D eigenvalue weighted by Crippen LogP contribution is 2.22. The summed E-state index contributed by atoms with van der Waals surface area (Å²) in [5, 5.41) is 5.06. The molecule has 1 amide bonds. The molecule has 0 aliphatic rings. The summed E-state index contributed by atoms with van der Waals surface area (Å²) >= 11 is 1.72. The highest BCUT2D eigenvalue weighted by molar-refractivity contribution is 7.10. The van der Waals surface area contributed by atoms with Gasteiger partial charge < -0.3 is 10.2 Å². The van der Waals surface area contributed by atoms with Crippen molar-refractivity contribution >= 4 is 17.2 Å². The molecule has 0 aliphatic carbocycles. The van der Waals surface area contributed by atoms with Gasteiger partial charge in [-0.1, -0.05) is 19.1 Å². The molecule has 1 heterocycles. The van der Waals surface area contributed by atoms with Crippen LogP contribution in [0.15, 0.2) is 29.2 Å². The molecule has 1 unspecified atom stereocenters. The lowest BCUT2D eigenvalue weighted by molar-refractivity contribution is -0.117. The maximum atomic E-state index is 11.8. The molecule has 1 atom stereocenters. The number of allylic oxidation sites excluding steroid dienone is 1. The Balaban J connectivity index is 2.59. The molecule has 18 heavy (non-hydrogen) atoms. The van der Waals surface area contributed by atoms with E-state index in [1.54, 1.807) is 11.3 Å². The van der Waals surface area contributed by atoms with Crippen LogP contribution in [0.25, 0.3) is 0 Å². The van der Waals surface area contributed by atoms with Gasteiger partial charge in [-0.25, -0.2) is 0 Å². The van der Waals surface area contributed by atoms with Crippen LogP contribution in [0, 0.1) is 0 Å². The van der Waals surface area contributed by atoms with E-state index in [9.17, 15) is 4.79 Å². The third kappa shape index (κ3) is 4.27. The zero-order chi connectivity index (χ0) is 13.5. The number of hydrogen-bond donors (Lipinski definition) is 1. The largest absolute Gasteiger partial charge is 0.350 e. The van der Waals surface area contributed by atoms with Gasteiger partial charge in [0.15, 0.2) is 0 Å². The predicted molar refractivity (Wildman–Crippen MR) is 77.8 cm³/mol. The van der Waals surface area contributed by atoms with E-state index in [4.69, 9.17) is 0 Å².